The predicted molar refractivity (Wildman–Crippen MR) is 53.2 cm³/mol. The second kappa shape index (κ2) is 4.59. The third kappa shape index (κ3) is 2.91. The summed E-state index contributed by atoms with van der Waals surface area (Å²) in [6.07, 6.45) is 0. The fourth-order valence-corrected chi connectivity index (χ4v) is 2.52. The van der Waals surface area contributed by atoms with Crippen LogP contribution in [0.1, 0.15) is 6.92 Å². The first-order valence-corrected chi connectivity index (χ1v) is 6.18. The van der Waals surface area contributed by atoms with Crippen LogP contribution in [0.15, 0.2) is 0 Å². The largest absolute Gasteiger partial charge is 0.340 e. The summed E-state index contributed by atoms with van der Waals surface area (Å²) in [5, 5.41) is 8.35. The van der Waals surface area contributed by atoms with Crippen molar-refractivity contribution >= 4 is 15.9 Å². The second-order valence-electron chi connectivity index (χ2n) is 3.32. The molecule has 0 aromatic heterocycles. The molecule has 7 heteroatoms. The van der Waals surface area contributed by atoms with Gasteiger partial charge in [-0.15, -0.1) is 0 Å². The maximum Gasteiger partial charge on any atom is 0.227 e. The minimum Gasteiger partial charge on any atom is -0.340 e. The summed E-state index contributed by atoms with van der Waals surface area (Å²) < 4.78 is 24.2. The summed E-state index contributed by atoms with van der Waals surface area (Å²) in [5.41, 5.74) is 0. The van der Waals surface area contributed by atoms with Gasteiger partial charge in [-0.2, -0.15) is 9.57 Å². The Hall–Kier alpha value is -1.13. The first-order valence-electron chi connectivity index (χ1n) is 4.57. The standard InChI is InChI=1S/C8H13N3O3S/c1-8(12)10-3-5-11(6-4-10)15(13,14)7-2-9/h3-7H2,1H3. The predicted octanol–water partition coefficient (Wildman–Crippen LogP) is -0.996. The number of sulfonamides is 1. The van der Waals surface area contributed by atoms with Gasteiger partial charge in [-0.3, -0.25) is 4.79 Å². The van der Waals surface area contributed by atoms with Gasteiger partial charge in [0.05, 0.1) is 6.07 Å². The highest BCUT2D eigenvalue weighted by atomic mass is 32.2. The topological polar surface area (TPSA) is 81.5 Å². The molecule has 0 N–H and O–H groups in total. The Balaban J connectivity index is 2.59. The van der Waals surface area contributed by atoms with E-state index in [4.69, 9.17) is 5.26 Å². The van der Waals surface area contributed by atoms with E-state index in [0.29, 0.717) is 13.1 Å². The first kappa shape index (κ1) is 11.9. The maximum atomic E-state index is 11.5. The molecule has 84 valence electrons. The molecule has 1 rings (SSSR count). The summed E-state index contributed by atoms with van der Waals surface area (Å²) in [5.74, 6) is -0.542. The molecule has 1 fully saturated rings. The molecule has 1 heterocycles. The third-order valence-corrected chi connectivity index (χ3v) is 3.97. The minimum absolute atomic E-state index is 0.0488. The highest BCUT2D eigenvalue weighted by Gasteiger charge is 2.27. The summed E-state index contributed by atoms with van der Waals surface area (Å²) in [6, 6.07) is 1.63. The number of carbonyl (C=O) groups excluding carboxylic acids is 1. The number of amides is 1. The Bertz CT molecular complexity index is 376. The lowest BCUT2D eigenvalue weighted by Gasteiger charge is -2.32. The number of nitriles is 1. The molecule has 0 atom stereocenters. The molecular weight excluding hydrogens is 218 g/mol. The Labute approximate surface area is 89.1 Å². The zero-order valence-corrected chi connectivity index (χ0v) is 9.33. The number of piperazine rings is 1. The molecule has 0 saturated carbocycles. The summed E-state index contributed by atoms with van der Waals surface area (Å²) in [7, 11) is -3.45. The molecule has 0 bridgehead atoms. The Morgan fingerprint density at radius 2 is 1.87 bits per heavy atom. The third-order valence-electron chi connectivity index (χ3n) is 2.32. The van der Waals surface area contributed by atoms with Crippen molar-refractivity contribution < 1.29 is 13.2 Å². The number of hydrogen-bond donors (Lipinski definition) is 0. The van der Waals surface area contributed by atoms with Gasteiger partial charge in [-0.1, -0.05) is 0 Å². The van der Waals surface area contributed by atoms with Crippen LogP contribution in [-0.4, -0.2) is 55.5 Å². The molecule has 0 aromatic carbocycles. The second-order valence-corrected chi connectivity index (χ2v) is 5.29. The number of hydrogen-bond acceptors (Lipinski definition) is 4. The van der Waals surface area contributed by atoms with Crippen LogP contribution in [0.3, 0.4) is 0 Å². The lowest BCUT2D eigenvalue weighted by Crippen LogP contribution is -2.50. The van der Waals surface area contributed by atoms with E-state index in [2.05, 4.69) is 0 Å². The number of nitrogens with zero attached hydrogens (tertiary/aromatic N) is 3. The van der Waals surface area contributed by atoms with Gasteiger partial charge in [0, 0.05) is 33.1 Å². The van der Waals surface area contributed by atoms with E-state index in [-0.39, 0.29) is 19.0 Å². The molecule has 0 aliphatic carbocycles. The molecule has 15 heavy (non-hydrogen) atoms. The normalized spacial score (nSPS) is 18.5. The summed E-state index contributed by atoms with van der Waals surface area (Å²) in [6.45, 7) is 2.83. The van der Waals surface area contributed by atoms with Crippen LogP contribution in [0.25, 0.3) is 0 Å². The quantitative estimate of drug-likeness (QED) is 0.610. The smallest absolute Gasteiger partial charge is 0.227 e. The molecule has 0 unspecified atom stereocenters. The lowest BCUT2D eigenvalue weighted by molar-refractivity contribution is -0.129. The average Bonchev–Trinajstić information content (AvgIpc) is 2.18. The van der Waals surface area contributed by atoms with Gasteiger partial charge in [-0.25, -0.2) is 8.42 Å². The lowest BCUT2D eigenvalue weighted by atomic mass is 10.3. The van der Waals surface area contributed by atoms with E-state index < -0.39 is 15.8 Å². The van der Waals surface area contributed by atoms with Crippen LogP contribution >= 0.6 is 0 Å². The molecular formula is C8H13N3O3S. The van der Waals surface area contributed by atoms with E-state index in [1.54, 1.807) is 11.0 Å². The van der Waals surface area contributed by atoms with Crippen molar-refractivity contribution in [2.75, 3.05) is 31.9 Å². The molecule has 1 aliphatic heterocycles. The van der Waals surface area contributed by atoms with Crippen molar-refractivity contribution in [2.45, 2.75) is 6.92 Å². The van der Waals surface area contributed by atoms with Gasteiger partial charge < -0.3 is 4.90 Å². The van der Waals surface area contributed by atoms with Gasteiger partial charge >= 0.3 is 0 Å². The van der Waals surface area contributed by atoms with Gasteiger partial charge in [0.1, 0.15) is 0 Å². The highest BCUT2D eigenvalue weighted by molar-refractivity contribution is 7.89. The van der Waals surface area contributed by atoms with Gasteiger partial charge in [0.25, 0.3) is 0 Å². The Kier molecular flexibility index (Phi) is 3.66. The first-order chi connectivity index (χ1) is 6.97. The van der Waals surface area contributed by atoms with Crippen LogP contribution in [-0.2, 0) is 14.8 Å². The van der Waals surface area contributed by atoms with Crippen LogP contribution in [0.5, 0.6) is 0 Å². The van der Waals surface area contributed by atoms with Crippen molar-refractivity contribution in [3.8, 4) is 6.07 Å². The SMILES string of the molecule is CC(=O)N1CCN(S(=O)(=O)CC#N)CC1. The molecule has 6 nitrogen and oxygen atoms in total. The molecule has 1 saturated heterocycles. The van der Waals surface area contributed by atoms with E-state index in [1.165, 1.54) is 11.2 Å². The highest BCUT2D eigenvalue weighted by Crippen LogP contribution is 2.07. The van der Waals surface area contributed by atoms with Crippen molar-refractivity contribution in [3.63, 3.8) is 0 Å². The van der Waals surface area contributed by atoms with Crippen molar-refractivity contribution in [3.05, 3.63) is 0 Å². The number of rotatable bonds is 2. The van der Waals surface area contributed by atoms with Crippen molar-refractivity contribution in [1.29, 1.82) is 5.26 Å². The zero-order chi connectivity index (χ0) is 11.5. The van der Waals surface area contributed by atoms with Crippen molar-refractivity contribution in [1.82, 2.24) is 9.21 Å². The van der Waals surface area contributed by atoms with Crippen molar-refractivity contribution in [2.24, 2.45) is 0 Å². The van der Waals surface area contributed by atoms with Crippen LogP contribution in [0.4, 0.5) is 0 Å². The number of carbonyl (C=O) groups is 1. The van der Waals surface area contributed by atoms with Gasteiger partial charge in [0.15, 0.2) is 5.75 Å². The van der Waals surface area contributed by atoms with E-state index in [1.807, 2.05) is 0 Å². The summed E-state index contributed by atoms with van der Waals surface area (Å²) in [4.78, 5) is 12.6. The molecule has 0 spiro atoms. The molecule has 0 radical (unpaired) electrons. The van der Waals surface area contributed by atoms with Crippen LogP contribution < -0.4 is 0 Å². The fourth-order valence-electron chi connectivity index (χ4n) is 1.45. The van der Waals surface area contributed by atoms with E-state index in [9.17, 15) is 13.2 Å². The van der Waals surface area contributed by atoms with E-state index in [0.717, 1.165) is 0 Å². The zero-order valence-electron chi connectivity index (χ0n) is 8.51. The molecule has 0 aromatic rings. The Morgan fingerprint density at radius 3 is 2.27 bits per heavy atom. The Morgan fingerprint density at radius 1 is 1.33 bits per heavy atom. The van der Waals surface area contributed by atoms with Gasteiger partial charge in [-0.05, 0) is 0 Å². The van der Waals surface area contributed by atoms with Crippen LogP contribution in [0.2, 0.25) is 0 Å². The minimum atomic E-state index is -3.45. The van der Waals surface area contributed by atoms with E-state index >= 15 is 0 Å². The summed E-state index contributed by atoms with van der Waals surface area (Å²) >= 11 is 0. The molecule has 1 aliphatic rings. The van der Waals surface area contributed by atoms with Crippen LogP contribution in [0, 0.1) is 11.3 Å². The molecule has 1 amide bonds. The monoisotopic (exact) mass is 231 g/mol. The average molecular weight is 231 g/mol. The van der Waals surface area contributed by atoms with Gasteiger partial charge in [0.2, 0.25) is 15.9 Å². The fraction of sp³-hybridized carbons (Fsp3) is 0.750. The maximum absolute atomic E-state index is 11.5.